The van der Waals surface area contributed by atoms with Crippen molar-refractivity contribution >= 4 is 18.0 Å². The number of amides is 4. The second kappa shape index (κ2) is 7.57. The summed E-state index contributed by atoms with van der Waals surface area (Å²) in [4.78, 5) is 37.4. The molecule has 1 heterocycles. The van der Waals surface area contributed by atoms with Crippen LogP contribution in [0.25, 0.3) is 0 Å². The Morgan fingerprint density at radius 1 is 1.16 bits per heavy atom. The highest BCUT2D eigenvalue weighted by Gasteiger charge is 2.23. The van der Waals surface area contributed by atoms with Crippen LogP contribution in [0.4, 0.5) is 9.59 Å². The summed E-state index contributed by atoms with van der Waals surface area (Å²) in [5, 5.41) is 4.51. The van der Waals surface area contributed by atoms with Gasteiger partial charge in [0.25, 0.3) is 0 Å². The summed E-state index contributed by atoms with van der Waals surface area (Å²) in [6.07, 6.45) is -0.322. The summed E-state index contributed by atoms with van der Waals surface area (Å²) in [6, 6.07) is -0.518. The van der Waals surface area contributed by atoms with E-state index in [9.17, 15) is 14.4 Å². The van der Waals surface area contributed by atoms with Crippen LogP contribution in [-0.4, -0.2) is 74.2 Å². The molecule has 0 aliphatic carbocycles. The third kappa shape index (κ3) is 5.12. The highest BCUT2D eigenvalue weighted by Crippen LogP contribution is 2.03. The molecule has 19 heavy (non-hydrogen) atoms. The van der Waals surface area contributed by atoms with Crippen LogP contribution in [0.15, 0.2) is 0 Å². The maximum Gasteiger partial charge on any atom is 0.409 e. The predicted molar refractivity (Wildman–Crippen MR) is 67.6 cm³/mol. The number of piperazine rings is 1. The lowest BCUT2D eigenvalue weighted by Gasteiger charge is -2.33. The first kappa shape index (κ1) is 15.2. The van der Waals surface area contributed by atoms with Crippen molar-refractivity contribution in [3.63, 3.8) is 0 Å². The fraction of sp³-hybridized carbons (Fsp3) is 0.727. The van der Waals surface area contributed by atoms with E-state index >= 15 is 0 Å². The van der Waals surface area contributed by atoms with Gasteiger partial charge in [0.1, 0.15) is 0 Å². The number of carbonyl (C=O) groups is 3. The lowest BCUT2D eigenvalue weighted by atomic mass is 10.3. The molecule has 0 bridgehead atoms. The fourth-order valence-electron chi connectivity index (χ4n) is 1.74. The molecule has 2 N–H and O–H groups in total. The molecule has 0 unspecified atom stereocenters. The van der Waals surface area contributed by atoms with E-state index < -0.39 is 6.03 Å². The standard InChI is InChI=1S/C11H20N4O4/c1-3-19-11(18)15-6-4-14(5-7-15)8-9(16)13-10(17)12-2/h3-8H2,1-2H3,(H2,12,13,16,17). The van der Waals surface area contributed by atoms with Crippen molar-refractivity contribution in [2.24, 2.45) is 0 Å². The summed E-state index contributed by atoms with van der Waals surface area (Å²) in [5.74, 6) is -0.357. The maximum absolute atomic E-state index is 11.5. The van der Waals surface area contributed by atoms with Crippen LogP contribution < -0.4 is 10.6 Å². The van der Waals surface area contributed by atoms with E-state index in [0.717, 1.165) is 0 Å². The molecule has 0 saturated carbocycles. The monoisotopic (exact) mass is 272 g/mol. The minimum atomic E-state index is -0.518. The Morgan fingerprint density at radius 2 is 1.79 bits per heavy atom. The average Bonchev–Trinajstić information content (AvgIpc) is 2.39. The van der Waals surface area contributed by atoms with Gasteiger partial charge in [-0.25, -0.2) is 9.59 Å². The SMILES string of the molecule is CCOC(=O)N1CCN(CC(=O)NC(=O)NC)CC1. The van der Waals surface area contributed by atoms with Gasteiger partial charge < -0.3 is 15.0 Å². The molecular weight excluding hydrogens is 252 g/mol. The van der Waals surface area contributed by atoms with Crippen LogP contribution in [0.2, 0.25) is 0 Å². The van der Waals surface area contributed by atoms with Crippen LogP contribution in [0, 0.1) is 0 Å². The zero-order valence-electron chi connectivity index (χ0n) is 11.3. The minimum Gasteiger partial charge on any atom is -0.450 e. The van der Waals surface area contributed by atoms with Crippen LogP contribution in [0.3, 0.4) is 0 Å². The van der Waals surface area contributed by atoms with Gasteiger partial charge in [-0.3, -0.25) is 15.0 Å². The molecule has 1 aliphatic rings. The van der Waals surface area contributed by atoms with E-state index in [0.29, 0.717) is 32.8 Å². The highest BCUT2D eigenvalue weighted by molar-refractivity contribution is 5.95. The van der Waals surface area contributed by atoms with Crippen LogP contribution in [0.5, 0.6) is 0 Å². The summed E-state index contributed by atoms with van der Waals surface area (Å²) < 4.78 is 4.90. The average molecular weight is 272 g/mol. The lowest BCUT2D eigenvalue weighted by molar-refractivity contribution is -0.121. The van der Waals surface area contributed by atoms with Gasteiger partial charge in [-0.1, -0.05) is 0 Å². The first-order chi connectivity index (χ1) is 9.06. The predicted octanol–water partition coefficient (Wildman–Crippen LogP) is -0.784. The number of nitrogens with zero attached hydrogens (tertiary/aromatic N) is 2. The molecule has 0 radical (unpaired) electrons. The second-order valence-corrected chi connectivity index (χ2v) is 4.09. The number of rotatable bonds is 3. The lowest BCUT2D eigenvalue weighted by Crippen LogP contribution is -2.52. The summed E-state index contributed by atoms with van der Waals surface area (Å²) in [6.45, 7) is 4.47. The van der Waals surface area contributed by atoms with E-state index in [4.69, 9.17) is 4.74 Å². The molecule has 108 valence electrons. The normalized spacial score (nSPS) is 15.8. The number of nitrogens with one attached hydrogen (secondary N) is 2. The zero-order chi connectivity index (χ0) is 14.3. The number of urea groups is 1. The molecule has 0 aromatic heterocycles. The first-order valence-electron chi connectivity index (χ1n) is 6.22. The third-order valence-corrected chi connectivity index (χ3v) is 2.75. The number of hydrogen-bond donors (Lipinski definition) is 2. The van der Waals surface area contributed by atoms with Gasteiger partial charge in [-0.15, -0.1) is 0 Å². The Hall–Kier alpha value is -1.83. The van der Waals surface area contributed by atoms with Crippen molar-refractivity contribution in [3.8, 4) is 0 Å². The van der Waals surface area contributed by atoms with Crippen LogP contribution >= 0.6 is 0 Å². The molecule has 1 fully saturated rings. The Bertz CT molecular complexity index is 340. The van der Waals surface area contributed by atoms with E-state index in [2.05, 4.69) is 10.6 Å². The number of hydrogen-bond acceptors (Lipinski definition) is 5. The molecule has 0 aromatic rings. The molecule has 0 aromatic carbocycles. The fourth-order valence-corrected chi connectivity index (χ4v) is 1.74. The van der Waals surface area contributed by atoms with Crippen molar-refractivity contribution in [1.82, 2.24) is 20.4 Å². The van der Waals surface area contributed by atoms with Crippen molar-refractivity contribution in [2.45, 2.75) is 6.92 Å². The Balaban J connectivity index is 2.28. The van der Waals surface area contributed by atoms with Crippen molar-refractivity contribution in [1.29, 1.82) is 0 Å². The molecule has 1 aliphatic heterocycles. The Labute approximate surface area is 112 Å². The summed E-state index contributed by atoms with van der Waals surface area (Å²) in [7, 11) is 1.45. The number of carbonyl (C=O) groups excluding carboxylic acids is 3. The van der Waals surface area contributed by atoms with Crippen LogP contribution in [-0.2, 0) is 9.53 Å². The van der Waals surface area contributed by atoms with Gasteiger partial charge in [0.15, 0.2) is 0 Å². The topological polar surface area (TPSA) is 91.0 Å². The second-order valence-electron chi connectivity index (χ2n) is 4.09. The molecule has 8 nitrogen and oxygen atoms in total. The molecule has 1 saturated heterocycles. The van der Waals surface area contributed by atoms with Crippen LogP contribution in [0.1, 0.15) is 6.92 Å². The van der Waals surface area contributed by atoms with E-state index in [-0.39, 0.29) is 18.5 Å². The number of ether oxygens (including phenoxy) is 1. The molecule has 8 heteroatoms. The van der Waals surface area contributed by atoms with Gasteiger partial charge in [-0.2, -0.15) is 0 Å². The van der Waals surface area contributed by atoms with Gasteiger partial charge in [0.05, 0.1) is 13.2 Å². The van der Waals surface area contributed by atoms with Crippen molar-refractivity contribution in [2.75, 3.05) is 46.4 Å². The van der Waals surface area contributed by atoms with E-state index in [1.807, 2.05) is 4.90 Å². The van der Waals surface area contributed by atoms with Crippen molar-refractivity contribution < 1.29 is 19.1 Å². The largest absolute Gasteiger partial charge is 0.450 e. The van der Waals surface area contributed by atoms with Gasteiger partial charge in [-0.05, 0) is 6.92 Å². The Morgan fingerprint density at radius 3 is 2.32 bits per heavy atom. The molecule has 0 atom stereocenters. The van der Waals surface area contributed by atoms with Gasteiger partial charge in [0, 0.05) is 33.2 Å². The summed E-state index contributed by atoms with van der Waals surface area (Å²) >= 11 is 0. The number of imide groups is 1. The quantitative estimate of drug-likeness (QED) is 0.703. The van der Waals surface area contributed by atoms with E-state index in [1.165, 1.54) is 7.05 Å². The molecule has 4 amide bonds. The van der Waals surface area contributed by atoms with Gasteiger partial charge >= 0.3 is 12.1 Å². The molecule has 0 spiro atoms. The third-order valence-electron chi connectivity index (χ3n) is 2.75. The highest BCUT2D eigenvalue weighted by atomic mass is 16.6. The Kier molecular flexibility index (Phi) is 6.07. The molecule has 1 rings (SSSR count). The van der Waals surface area contributed by atoms with E-state index in [1.54, 1.807) is 11.8 Å². The maximum atomic E-state index is 11.5. The smallest absolute Gasteiger partial charge is 0.409 e. The molecular formula is C11H20N4O4. The van der Waals surface area contributed by atoms with Gasteiger partial charge in [0.2, 0.25) is 5.91 Å². The summed E-state index contributed by atoms with van der Waals surface area (Å²) in [5.41, 5.74) is 0. The van der Waals surface area contributed by atoms with Crippen molar-refractivity contribution in [3.05, 3.63) is 0 Å². The first-order valence-corrected chi connectivity index (χ1v) is 6.22. The minimum absolute atomic E-state index is 0.143. The zero-order valence-corrected chi connectivity index (χ0v) is 11.3.